The molecular formula is C17H20N6O2S. The van der Waals surface area contributed by atoms with Crippen molar-refractivity contribution in [2.45, 2.75) is 49.1 Å². The third-order valence-corrected chi connectivity index (χ3v) is 5.58. The van der Waals surface area contributed by atoms with E-state index in [9.17, 15) is 0 Å². The lowest BCUT2D eigenvalue weighted by atomic mass is 10.2. The van der Waals surface area contributed by atoms with E-state index in [1.54, 1.807) is 18.9 Å². The molecule has 9 heteroatoms. The van der Waals surface area contributed by atoms with Crippen LogP contribution in [0.1, 0.15) is 49.8 Å². The highest BCUT2D eigenvalue weighted by Crippen LogP contribution is 2.37. The zero-order valence-corrected chi connectivity index (χ0v) is 15.5. The van der Waals surface area contributed by atoms with Crippen LogP contribution in [-0.2, 0) is 0 Å². The molecule has 0 unspecified atom stereocenters. The molecule has 4 rings (SSSR count). The summed E-state index contributed by atoms with van der Waals surface area (Å²) in [6.07, 6.45) is 4.74. The van der Waals surface area contributed by atoms with Crippen molar-refractivity contribution in [2.75, 3.05) is 7.11 Å². The van der Waals surface area contributed by atoms with E-state index in [0.29, 0.717) is 17.8 Å². The highest BCUT2D eigenvalue weighted by Gasteiger charge is 2.24. The molecule has 2 heterocycles. The molecule has 0 radical (unpaired) electrons. The molecule has 3 aromatic rings. The lowest BCUT2D eigenvalue weighted by molar-refractivity contribution is 0.415. The Hall–Kier alpha value is -2.42. The summed E-state index contributed by atoms with van der Waals surface area (Å²) in [5.74, 6) is 1.84. The van der Waals surface area contributed by atoms with Gasteiger partial charge in [-0.2, -0.15) is 0 Å². The van der Waals surface area contributed by atoms with Crippen LogP contribution in [0.4, 0.5) is 0 Å². The van der Waals surface area contributed by atoms with Crippen LogP contribution in [-0.4, -0.2) is 37.5 Å². The second kappa shape index (κ2) is 7.45. The van der Waals surface area contributed by atoms with Gasteiger partial charge in [-0.1, -0.05) is 24.6 Å². The Morgan fingerprint density at radius 3 is 2.65 bits per heavy atom. The minimum absolute atomic E-state index is 0.0411. The monoisotopic (exact) mass is 372 g/mol. The Kier molecular flexibility index (Phi) is 4.87. The summed E-state index contributed by atoms with van der Waals surface area (Å²) in [7, 11) is 1.64. The Balaban J connectivity index is 1.48. The first-order valence-electron chi connectivity index (χ1n) is 8.67. The van der Waals surface area contributed by atoms with E-state index in [4.69, 9.17) is 9.15 Å². The molecule has 0 saturated heterocycles. The summed E-state index contributed by atoms with van der Waals surface area (Å²) in [6.45, 7) is 2.02. The van der Waals surface area contributed by atoms with Crippen LogP contribution in [0.3, 0.4) is 0 Å². The second-order valence-corrected chi connectivity index (χ2v) is 7.59. The van der Waals surface area contributed by atoms with E-state index in [1.165, 1.54) is 12.8 Å². The minimum atomic E-state index is -0.0411. The van der Waals surface area contributed by atoms with Gasteiger partial charge in [0.15, 0.2) is 0 Å². The maximum atomic E-state index is 5.86. The van der Waals surface area contributed by atoms with Crippen LogP contribution in [0.2, 0.25) is 0 Å². The second-order valence-electron chi connectivity index (χ2n) is 6.28. The Morgan fingerprint density at radius 1 is 1.15 bits per heavy atom. The van der Waals surface area contributed by atoms with Gasteiger partial charge in [0.1, 0.15) is 5.75 Å². The number of aromatic nitrogens is 6. The van der Waals surface area contributed by atoms with Gasteiger partial charge in [0, 0.05) is 5.56 Å². The Morgan fingerprint density at radius 2 is 1.92 bits per heavy atom. The van der Waals surface area contributed by atoms with Gasteiger partial charge >= 0.3 is 0 Å². The molecule has 1 aliphatic rings. The van der Waals surface area contributed by atoms with Gasteiger partial charge in [-0.05, 0) is 54.5 Å². The van der Waals surface area contributed by atoms with Crippen molar-refractivity contribution < 1.29 is 9.15 Å². The molecule has 1 atom stereocenters. The van der Waals surface area contributed by atoms with Gasteiger partial charge in [0.25, 0.3) is 0 Å². The van der Waals surface area contributed by atoms with Crippen LogP contribution < -0.4 is 4.74 Å². The van der Waals surface area contributed by atoms with Gasteiger partial charge in [0.05, 0.1) is 18.4 Å². The molecule has 0 amide bonds. The van der Waals surface area contributed by atoms with Gasteiger partial charge in [-0.3, -0.25) is 0 Å². The largest absolute Gasteiger partial charge is 0.497 e. The molecule has 0 spiro atoms. The summed E-state index contributed by atoms with van der Waals surface area (Å²) >= 11 is 1.54. The first-order chi connectivity index (χ1) is 12.7. The molecule has 8 nitrogen and oxygen atoms in total. The van der Waals surface area contributed by atoms with E-state index in [1.807, 2.05) is 35.9 Å². The third kappa shape index (κ3) is 3.44. The fourth-order valence-electron chi connectivity index (χ4n) is 3.10. The summed E-state index contributed by atoms with van der Waals surface area (Å²) in [4.78, 5) is 0. The number of hydrogen-bond acceptors (Lipinski definition) is 8. The van der Waals surface area contributed by atoms with Crippen LogP contribution >= 0.6 is 11.8 Å². The molecule has 0 aliphatic heterocycles. The maximum absolute atomic E-state index is 5.86. The molecule has 0 N–H and O–H groups in total. The molecule has 0 bridgehead atoms. The van der Waals surface area contributed by atoms with Crippen molar-refractivity contribution in [1.82, 2.24) is 30.4 Å². The predicted octanol–water partition coefficient (Wildman–Crippen LogP) is 3.70. The van der Waals surface area contributed by atoms with Crippen molar-refractivity contribution in [3.05, 3.63) is 30.2 Å². The van der Waals surface area contributed by atoms with Crippen LogP contribution in [0.5, 0.6) is 5.75 Å². The van der Waals surface area contributed by atoms with Gasteiger partial charge in [-0.25, -0.2) is 4.68 Å². The standard InChI is InChI=1S/C17H20N6O2S/c1-11(26-17-20-21-22-23(17)13-5-3-4-6-13)15-18-19-16(25-15)12-7-9-14(24-2)10-8-12/h7-11,13H,3-6H2,1-2H3/t11-/m0/s1. The fourth-order valence-corrected chi connectivity index (χ4v) is 3.99. The Bertz CT molecular complexity index is 856. The zero-order valence-electron chi connectivity index (χ0n) is 14.7. The summed E-state index contributed by atoms with van der Waals surface area (Å²) < 4.78 is 13.0. The summed E-state index contributed by atoms with van der Waals surface area (Å²) in [5, 5.41) is 21.3. The van der Waals surface area contributed by atoms with Crippen LogP contribution in [0.25, 0.3) is 11.5 Å². The van der Waals surface area contributed by atoms with Crippen molar-refractivity contribution in [2.24, 2.45) is 0 Å². The molecule has 1 aliphatic carbocycles. The lowest BCUT2D eigenvalue weighted by Gasteiger charge is -2.12. The Labute approximate surface area is 155 Å². The number of benzene rings is 1. The lowest BCUT2D eigenvalue weighted by Crippen LogP contribution is -2.08. The van der Waals surface area contributed by atoms with Gasteiger partial charge < -0.3 is 9.15 Å². The van der Waals surface area contributed by atoms with Gasteiger partial charge in [0.2, 0.25) is 16.9 Å². The average molecular weight is 372 g/mol. The highest BCUT2D eigenvalue weighted by molar-refractivity contribution is 7.99. The first-order valence-corrected chi connectivity index (χ1v) is 9.55. The minimum Gasteiger partial charge on any atom is -0.497 e. The third-order valence-electron chi connectivity index (χ3n) is 4.54. The maximum Gasteiger partial charge on any atom is 0.247 e. The summed E-state index contributed by atoms with van der Waals surface area (Å²) in [6, 6.07) is 7.93. The van der Waals surface area contributed by atoms with Crippen molar-refractivity contribution in [3.63, 3.8) is 0 Å². The normalized spacial score (nSPS) is 16.1. The number of rotatable bonds is 6. The van der Waals surface area contributed by atoms with Crippen LogP contribution in [0.15, 0.2) is 33.8 Å². The average Bonchev–Trinajstić information content (AvgIpc) is 3.42. The number of tetrazole rings is 1. The first kappa shape index (κ1) is 17.0. The number of nitrogens with zero attached hydrogens (tertiary/aromatic N) is 6. The number of ether oxygens (including phenoxy) is 1. The molecule has 1 fully saturated rings. The van der Waals surface area contributed by atoms with Crippen molar-refractivity contribution in [3.8, 4) is 17.2 Å². The van der Waals surface area contributed by atoms with E-state index in [0.717, 1.165) is 29.3 Å². The van der Waals surface area contributed by atoms with Crippen LogP contribution in [0, 0.1) is 0 Å². The molecular weight excluding hydrogens is 352 g/mol. The van der Waals surface area contributed by atoms with Crippen molar-refractivity contribution in [1.29, 1.82) is 0 Å². The van der Waals surface area contributed by atoms with Crippen molar-refractivity contribution >= 4 is 11.8 Å². The SMILES string of the molecule is COc1ccc(-c2nnc([C@H](C)Sc3nnnn3C3CCCC3)o2)cc1. The van der Waals surface area contributed by atoms with E-state index >= 15 is 0 Å². The quantitative estimate of drug-likeness (QED) is 0.605. The number of thioether (sulfide) groups is 1. The molecule has 26 heavy (non-hydrogen) atoms. The number of methoxy groups -OCH3 is 1. The molecule has 1 saturated carbocycles. The number of hydrogen-bond donors (Lipinski definition) is 0. The van der Waals surface area contributed by atoms with E-state index in [2.05, 4.69) is 25.7 Å². The van der Waals surface area contributed by atoms with E-state index in [-0.39, 0.29) is 5.25 Å². The van der Waals surface area contributed by atoms with Gasteiger partial charge in [-0.15, -0.1) is 15.3 Å². The molecule has 2 aromatic heterocycles. The smallest absolute Gasteiger partial charge is 0.247 e. The molecule has 1 aromatic carbocycles. The molecule has 136 valence electrons. The topological polar surface area (TPSA) is 91.8 Å². The summed E-state index contributed by atoms with van der Waals surface area (Å²) in [5.41, 5.74) is 0.859. The predicted molar refractivity (Wildman–Crippen MR) is 95.9 cm³/mol. The van der Waals surface area contributed by atoms with E-state index < -0.39 is 0 Å². The zero-order chi connectivity index (χ0) is 17.9. The highest BCUT2D eigenvalue weighted by atomic mass is 32.2. The fraction of sp³-hybridized carbons (Fsp3) is 0.471.